The van der Waals surface area contributed by atoms with Crippen molar-refractivity contribution in [3.63, 3.8) is 0 Å². The van der Waals surface area contributed by atoms with Gasteiger partial charge in [0, 0.05) is 12.2 Å². The second-order valence-corrected chi connectivity index (χ2v) is 5.72. The van der Waals surface area contributed by atoms with Gasteiger partial charge in [-0.05, 0) is 31.0 Å². The lowest BCUT2D eigenvalue weighted by molar-refractivity contribution is -0.120. The zero-order valence-corrected chi connectivity index (χ0v) is 14.0. The summed E-state index contributed by atoms with van der Waals surface area (Å²) in [6, 6.07) is 4.01. The first-order valence-corrected chi connectivity index (χ1v) is 7.40. The van der Waals surface area contributed by atoms with Crippen LogP contribution >= 0.6 is 11.6 Å². The number of amides is 3. The van der Waals surface area contributed by atoms with Gasteiger partial charge in [0.25, 0.3) is 0 Å². The van der Waals surface area contributed by atoms with Crippen molar-refractivity contribution in [2.75, 3.05) is 19.0 Å². The first kappa shape index (κ1) is 18.1. The van der Waals surface area contributed by atoms with Gasteiger partial charge in [0.1, 0.15) is 11.8 Å². The summed E-state index contributed by atoms with van der Waals surface area (Å²) >= 11 is 6.02. The lowest BCUT2D eigenvalue weighted by Gasteiger charge is -2.16. The smallest absolute Gasteiger partial charge is 0.321 e. The first-order chi connectivity index (χ1) is 10.3. The van der Waals surface area contributed by atoms with E-state index in [-0.39, 0.29) is 0 Å². The molecule has 1 unspecified atom stereocenters. The Morgan fingerprint density at radius 1 is 1.27 bits per heavy atom. The third-order valence-electron chi connectivity index (χ3n) is 2.84. The summed E-state index contributed by atoms with van der Waals surface area (Å²) in [6.07, 6.45) is 0. The van der Waals surface area contributed by atoms with Crippen LogP contribution in [0.2, 0.25) is 5.02 Å². The van der Waals surface area contributed by atoms with E-state index in [2.05, 4.69) is 16.0 Å². The van der Waals surface area contributed by atoms with E-state index in [0.717, 1.165) is 0 Å². The van der Waals surface area contributed by atoms with Gasteiger partial charge in [-0.2, -0.15) is 0 Å². The predicted octanol–water partition coefficient (Wildman–Crippen LogP) is 2.63. The summed E-state index contributed by atoms with van der Waals surface area (Å²) in [5.74, 6) is 0.448. The molecule has 0 radical (unpaired) electrons. The fraction of sp³-hybridized carbons (Fsp3) is 0.467. The normalized spacial score (nSPS) is 11.7. The summed E-state index contributed by atoms with van der Waals surface area (Å²) in [7, 11) is 1.53. The number of methoxy groups -OCH3 is 1. The number of anilines is 1. The van der Waals surface area contributed by atoms with Gasteiger partial charge in [0.05, 0.1) is 12.1 Å². The van der Waals surface area contributed by atoms with Gasteiger partial charge in [-0.25, -0.2) is 4.79 Å². The number of rotatable bonds is 6. The monoisotopic (exact) mass is 327 g/mol. The molecule has 3 N–H and O–H groups in total. The lowest BCUT2D eigenvalue weighted by atomic mass is 10.2. The second-order valence-electron chi connectivity index (χ2n) is 5.31. The van der Waals surface area contributed by atoms with Crippen molar-refractivity contribution in [2.24, 2.45) is 5.92 Å². The average Bonchev–Trinajstić information content (AvgIpc) is 2.45. The minimum Gasteiger partial charge on any atom is -0.495 e. The van der Waals surface area contributed by atoms with E-state index in [4.69, 9.17) is 16.3 Å². The zero-order valence-electron chi connectivity index (χ0n) is 13.2. The highest BCUT2D eigenvalue weighted by atomic mass is 35.5. The van der Waals surface area contributed by atoms with Crippen LogP contribution in [0.5, 0.6) is 5.75 Å². The molecule has 1 rings (SSSR count). The number of carbonyl (C=O) groups is 2. The van der Waals surface area contributed by atoms with Gasteiger partial charge in [-0.15, -0.1) is 0 Å². The molecule has 0 spiro atoms. The molecule has 0 heterocycles. The highest BCUT2D eigenvalue weighted by Gasteiger charge is 2.16. The predicted molar refractivity (Wildman–Crippen MR) is 87.5 cm³/mol. The van der Waals surface area contributed by atoms with E-state index in [1.807, 2.05) is 13.8 Å². The first-order valence-electron chi connectivity index (χ1n) is 7.02. The van der Waals surface area contributed by atoms with Crippen LogP contribution in [-0.4, -0.2) is 31.6 Å². The number of benzene rings is 1. The standard InChI is InChI=1S/C15H22ClN3O3/c1-9(2)8-17-15(21)19-14(20)10(3)18-11-5-6-13(22-4)12(16)7-11/h5-7,9-10,18H,8H2,1-4H3,(H2,17,19,20,21). The summed E-state index contributed by atoms with van der Waals surface area (Å²) in [4.78, 5) is 23.5. The fourth-order valence-electron chi connectivity index (χ4n) is 1.63. The summed E-state index contributed by atoms with van der Waals surface area (Å²) < 4.78 is 5.06. The molecule has 0 aromatic heterocycles. The quantitative estimate of drug-likeness (QED) is 0.750. The lowest BCUT2D eigenvalue weighted by Crippen LogP contribution is -2.46. The maximum Gasteiger partial charge on any atom is 0.321 e. The Kier molecular flexibility index (Phi) is 6.98. The molecule has 0 saturated heterocycles. The number of halogens is 1. The van der Waals surface area contributed by atoms with Crippen molar-refractivity contribution < 1.29 is 14.3 Å². The molecule has 0 aliphatic heterocycles. The van der Waals surface area contributed by atoms with Crippen molar-refractivity contribution in [1.82, 2.24) is 10.6 Å². The Balaban J connectivity index is 2.53. The Bertz CT molecular complexity index is 535. The van der Waals surface area contributed by atoms with Crippen molar-refractivity contribution >= 4 is 29.2 Å². The van der Waals surface area contributed by atoms with Crippen LogP contribution in [0.3, 0.4) is 0 Å². The van der Waals surface area contributed by atoms with Gasteiger partial charge in [-0.1, -0.05) is 25.4 Å². The molecule has 1 aromatic rings. The van der Waals surface area contributed by atoms with Gasteiger partial charge in [-0.3, -0.25) is 10.1 Å². The minimum atomic E-state index is -0.589. The Morgan fingerprint density at radius 2 is 1.95 bits per heavy atom. The van der Waals surface area contributed by atoms with E-state index in [1.54, 1.807) is 25.1 Å². The maximum atomic E-state index is 11.9. The number of carbonyl (C=O) groups excluding carboxylic acids is 2. The molecule has 122 valence electrons. The van der Waals surface area contributed by atoms with Crippen molar-refractivity contribution in [1.29, 1.82) is 0 Å². The van der Waals surface area contributed by atoms with Crippen LogP contribution in [0, 0.1) is 5.92 Å². The third-order valence-corrected chi connectivity index (χ3v) is 3.13. The highest BCUT2D eigenvalue weighted by molar-refractivity contribution is 6.32. The van der Waals surface area contributed by atoms with Gasteiger partial charge in [0.15, 0.2) is 0 Å². The van der Waals surface area contributed by atoms with Crippen LogP contribution in [0.1, 0.15) is 20.8 Å². The average molecular weight is 328 g/mol. The molecule has 3 amide bonds. The SMILES string of the molecule is COc1ccc(NC(C)C(=O)NC(=O)NCC(C)C)cc1Cl. The second kappa shape index (κ2) is 8.48. The van der Waals surface area contributed by atoms with E-state index < -0.39 is 18.0 Å². The largest absolute Gasteiger partial charge is 0.495 e. The van der Waals surface area contributed by atoms with E-state index in [9.17, 15) is 9.59 Å². The van der Waals surface area contributed by atoms with Gasteiger partial charge < -0.3 is 15.4 Å². The van der Waals surface area contributed by atoms with E-state index in [1.165, 1.54) is 7.11 Å². The highest BCUT2D eigenvalue weighted by Crippen LogP contribution is 2.27. The molecule has 0 aliphatic rings. The van der Waals surface area contributed by atoms with Crippen LogP contribution < -0.4 is 20.7 Å². The van der Waals surface area contributed by atoms with Crippen LogP contribution in [-0.2, 0) is 4.79 Å². The van der Waals surface area contributed by atoms with Crippen molar-refractivity contribution in [3.05, 3.63) is 23.2 Å². The van der Waals surface area contributed by atoms with Crippen LogP contribution in [0.25, 0.3) is 0 Å². The third kappa shape index (κ3) is 5.81. The number of nitrogens with one attached hydrogen (secondary N) is 3. The molecule has 0 saturated carbocycles. The molecule has 1 aromatic carbocycles. The van der Waals surface area contributed by atoms with E-state index >= 15 is 0 Å². The Labute approximate surface area is 135 Å². The van der Waals surface area contributed by atoms with Gasteiger partial charge >= 0.3 is 6.03 Å². The van der Waals surface area contributed by atoms with Crippen LogP contribution in [0.15, 0.2) is 18.2 Å². The summed E-state index contributed by atoms with van der Waals surface area (Å²) in [5.41, 5.74) is 0.663. The molecule has 0 fully saturated rings. The summed E-state index contributed by atoms with van der Waals surface area (Å²) in [6.45, 7) is 6.11. The molecule has 0 bridgehead atoms. The molecule has 1 atom stereocenters. The zero-order chi connectivity index (χ0) is 16.7. The van der Waals surface area contributed by atoms with Gasteiger partial charge in [0.2, 0.25) is 5.91 Å². The van der Waals surface area contributed by atoms with Crippen molar-refractivity contribution in [3.8, 4) is 5.75 Å². The van der Waals surface area contributed by atoms with Crippen molar-refractivity contribution in [2.45, 2.75) is 26.8 Å². The molecule has 0 aliphatic carbocycles. The number of ether oxygens (including phenoxy) is 1. The molecule has 22 heavy (non-hydrogen) atoms. The summed E-state index contributed by atoms with van der Waals surface area (Å²) in [5, 5.41) is 8.31. The number of imide groups is 1. The minimum absolute atomic E-state index is 0.317. The van der Waals surface area contributed by atoms with Crippen LogP contribution in [0.4, 0.5) is 10.5 Å². The number of hydrogen-bond donors (Lipinski definition) is 3. The molecular formula is C15H22ClN3O3. The number of urea groups is 1. The maximum absolute atomic E-state index is 11.9. The Morgan fingerprint density at radius 3 is 2.50 bits per heavy atom. The molecule has 6 nitrogen and oxygen atoms in total. The topological polar surface area (TPSA) is 79.5 Å². The fourth-order valence-corrected chi connectivity index (χ4v) is 1.89. The number of hydrogen-bond acceptors (Lipinski definition) is 4. The Hall–Kier alpha value is -1.95. The molecule has 7 heteroatoms. The van der Waals surface area contributed by atoms with E-state index in [0.29, 0.717) is 28.9 Å². The molecular weight excluding hydrogens is 306 g/mol.